The lowest BCUT2D eigenvalue weighted by molar-refractivity contribution is 0.0699. The van der Waals surface area contributed by atoms with Crippen LogP contribution >= 0.6 is 28.3 Å². The highest BCUT2D eigenvalue weighted by molar-refractivity contribution is 9.10. The van der Waals surface area contributed by atoms with Gasteiger partial charge in [-0.2, -0.15) is 0 Å². The van der Waals surface area contributed by atoms with Crippen molar-refractivity contribution in [2.75, 3.05) is 7.11 Å². The molecule has 0 spiro atoms. The van der Waals surface area contributed by atoms with Crippen LogP contribution in [0.1, 0.15) is 21.7 Å². The summed E-state index contributed by atoms with van der Waals surface area (Å²) in [7, 11) is 1.54. The molecule has 0 radical (unpaired) electrons. The predicted octanol–water partition coefficient (Wildman–Crippen LogP) is 4.04. The number of hydrogen-bond acceptors (Lipinski definition) is 3. The van der Waals surface area contributed by atoms with Gasteiger partial charge in [-0.1, -0.05) is 28.1 Å². The number of ether oxygens (including phenoxy) is 1. The number of fused-ring (bicyclic) bond motifs is 1. The summed E-state index contributed by atoms with van der Waals surface area (Å²) in [5.74, 6) is 0.258. The van der Waals surface area contributed by atoms with Crippen molar-refractivity contribution in [2.45, 2.75) is 6.42 Å². The van der Waals surface area contributed by atoms with Crippen molar-refractivity contribution >= 4 is 45.3 Å². The summed E-state index contributed by atoms with van der Waals surface area (Å²) in [4.78, 5) is 18.9. The molecule has 1 heterocycles. The molecule has 3 aromatic rings. The quantitative estimate of drug-likeness (QED) is 0.696. The van der Waals surface area contributed by atoms with E-state index in [1.165, 1.54) is 13.2 Å². The van der Waals surface area contributed by atoms with Crippen molar-refractivity contribution < 1.29 is 14.6 Å². The number of halogens is 2. The molecule has 7 heteroatoms. The molecule has 3 rings (SSSR count). The second-order valence-electron chi connectivity index (χ2n) is 4.83. The molecule has 5 nitrogen and oxygen atoms in total. The Hall–Kier alpha value is -2.05. The molecule has 0 aliphatic carbocycles. The van der Waals surface area contributed by atoms with Crippen molar-refractivity contribution in [1.82, 2.24) is 9.97 Å². The van der Waals surface area contributed by atoms with E-state index >= 15 is 0 Å². The van der Waals surface area contributed by atoms with Crippen molar-refractivity contribution in [2.24, 2.45) is 0 Å². The first-order valence-corrected chi connectivity index (χ1v) is 7.41. The Balaban J connectivity index is 0.00000192. The number of carboxylic acid groups (broad SMARTS) is 1. The standard InChI is InChI=1S/C16H13BrN2O3.ClH/c1-22-12-7-6-11(16(20)21)14-15(12)19-13(18-14)8-9-2-4-10(17)5-3-9;/h2-7H,8H2,1H3,(H,18,19)(H,20,21);1H. The number of carboxylic acids is 1. The average Bonchev–Trinajstić information content (AvgIpc) is 2.91. The molecule has 2 aromatic carbocycles. The Morgan fingerprint density at radius 1 is 1.26 bits per heavy atom. The highest BCUT2D eigenvalue weighted by Crippen LogP contribution is 2.27. The van der Waals surface area contributed by atoms with Gasteiger partial charge in [0.2, 0.25) is 0 Å². The third-order valence-corrected chi connectivity index (χ3v) is 3.92. The zero-order valence-corrected chi connectivity index (χ0v) is 14.6. The molecule has 23 heavy (non-hydrogen) atoms. The summed E-state index contributed by atoms with van der Waals surface area (Å²) >= 11 is 3.40. The molecule has 0 aliphatic heterocycles. The van der Waals surface area contributed by atoms with Crippen molar-refractivity contribution in [1.29, 1.82) is 0 Å². The number of imidazole rings is 1. The minimum atomic E-state index is -0.994. The molecule has 2 N–H and O–H groups in total. The van der Waals surface area contributed by atoms with E-state index in [1.807, 2.05) is 24.3 Å². The highest BCUT2D eigenvalue weighted by atomic mass is 79.9. The fourth-order valence-electron chi connectivity index (χ4n) is 2.34. The number of hydrogen-bond donors (Lipinski definition) is 2. The first kappa shape index (κ1) is 17.3. The molecule has 0 saturated heterocycles. The molecular weight excluding hydrogens is 384 g/mol. The zero-order chi connectivity index (χ0) is 15.7. The van der Waals surface area contributed by atoms with Crippen molar-refractivity contribution in [3.05, 3.63) is 57.8 Å². The maximum atomic E-state index is 11.3. The topological polar surface area (TPSA) is 75.2 Å². The van der Waals surface area contributed by atoms with Crippen LogP contribution in [0, 0.1) is 0 Å². The number of nitrogens with one attached hydrogen (secondary N) is 1. The van der Waals surface area contributed by atoms with E-state index in [2.05, 4.69) is 25.9 Å². The van der Waals surface area contributed by atoms with Gasteiger partial charge in [0.25, 0.3) is 0 Å². The maximum absolute atomic E-state index is 11.3. The monoisotopic (exact) mass is 396 g/mol. The predicted molar refractivity (Wildman–Crippen MR) is 93.8 cm³/mol. The smallest absolute Gasteiger partial charge is 0.337 e. The van der Waals surface area contributed by atoms with Gasteiger partial charge in [-0.3, -0.25) is 0 Å². The van der Waals surface area contributed by atoms with Crippen LogP contribution in [0.2, 0.25) is 0 Å². The number of H-pyrrole nitrogens is 1. The fourth-order valence-corrected chi connectivity index (χ4v) is 2.60. The first-order chi connectivity index (χ1) is 10.6. The van der Waals surface area contributed by atoms with Gasteiger partial charge in [0.15, 0.2) is 0 Å². The Kier molecular flexibility index (Phi) is 5.28. The average molecular weight is 398 g/mol. The summed E-state index contributed by atoms with van der Waals surface area (Å²) in [5, 5.41) is 9.28. The summed E-state index contributed by atoms with van der Waals surface area (Å²) in [6, 6.07) is 11.0. The number of benzene rings is 2. The van der Waals surface area contributed by atoms with Gasteiger partial charge in [0, 0.05) is 10.9 Å². The number of aromatic amines is 1. The zero-order valence-electron chi connectivity index (χ0n) is 12.2. The highest BCUT2D eigenvalue weighted by Gasteiger charge is 2.16. The minimum absolute atomic E-state index is 0. The van der Waals surface area contributed by atoms with E-state index in [4.69, 9.17) is 4.74 Å². The third-order valence-electron chi connectivity index (χ3n) is 3.39. The molecule has 0 saturated carbocycles. The lowest BCUT2D eigenvalue weighted by atomic mass is 10.1. The maximum Gasteiger partial charge on any atom is 0.337 e. The normalized spacial score (nSPS) is 10.3. The summed E-state index contributed by atoms with van der Waals surface area (Å²) in [5.41, 5.74) is 2.29. The van der Waals surface area contributed by atoms with Crippen LogP contribution in [0.5, 0.6) is 5.75 Å². The van der Waals surface area contributed by atoms with Crippen LogP contribution in [0.4, 0.5) is 0 Å². The van der Waals surface area contributed by atoms with Gasteiger partial charge in [0.05, 0.1) is 18.2 Å². The van der Waals surface area contributed by atoms with Gasteiger partial charge in [-0.15, -0.1) is 12.4 Å². The number of aromatic carboxylic acids is 1. The van der Waals surface area contributed by atoms with E-state index in [0.29, 0.717) is 29.0 Å². The molecule has 120 valence electrons. The van der Waals surface area contributed by atoms with Gasteiger partial charge >= 0.3 is 5.97 Å². The van der Waals surface area contributed by atoms with E-state index in [0.717, 1.165) is 10.0 Å². The molecule has 0 amide bonds. The summed E-state index contributed by atoms with van der Waals surface area (Å²) < 4.78 is 6.27. The molecular formula is C16H14BrClN2O3. The largest absolute Gasteiger partial charge is 0.494 e. The van der Waals surface area contributed by atoms with Crippen LogP contribution in [-0.2, 0) is 6.42 Å². The third kappa shape index (κ3) is 3.48. The van der Waals surface area contributed by atoms with E-state index in [-0.39, 0.29) is 18.0 Å². The molecule has 0 aliphatic rings. The second-order valence-corrected chi connectivity index (χ2v) is 5.75. The summed E-state index contributed by atoms with van der Waals surface area (Å²) in [6.07, 6.45) is 0.587. The number of methoxy groups -OCH3 is 1. The van der Waals surface area contributed by atoms with Gasteiger partial charge < -0.3 is 14.8 Å². The molecule has 0 fully saturated rings. The van der Waals surface area contributed by atoms with Crippen molar-refractivity contribution in [3.63, 3.8) is 0 Å². The Bertz CT molecular complexity index is 846. The van der Waals surface area contributed by atoms with Crippen LogP contribution < -0.4 is 4.74 Å². The lowest BCUT2D eigenvalue weighted by Crippen LogP contribution is -1.98. The van der Waals surface area contributed by atoms with Crippen LogP contribution in [0.3, 0.4) is 0 Å². The second kappa shape index (κ2) is 7.02. The molecule has 0 bridgehead atoms. The van der Waals surface area contributed by atoms with Crippen molar-refractivity contribution in [3.8, 4) is 5.75 Å². The molecule has 0 atom stereocenters. The van der Waals surface area contributed by atoms with Gasteiger partial charge in [-0.25, -0.2) is 9.78 Å². The number of carbonyl (C=O) groups is 1. The van der Waals surface area contributed by atoms with Crippen LogP contribution in [-0.4, -0.2) is 28.2 Å². The number of aromatic nitrogens is 2. The van der Waals surface area contributed by atoms with Crippen LogP contribution in [0.15, 0.2) is 40.9 Å². The van der Waals surface area contributed by atoms with E-state index in [1.54, 1.807) is 6.07 Å². The Morgan fingerprint density at radius 3 is 2.57 bits per heavy atom. The summed E-state index contributed by atoms with van der Waals surface area (Å²) in [6.45, 7) is 0. The molecule has 1 aromatic heterocycles. The number of nitrogens with zero attached hydrogens (tertiary/aromatic N) is 1. The van der Waals surface area contributed by atoms with Gasteiger partial charge in [0.1, 0.15) is 17.1 Å². The number of rotatable bonds is 4. The lowest BCUT2D eigenvalue weighted by Gasteiger charge is -2.02. The van der Waals surface area contributed by atoms with Gasteiger partial charge in [-0.05, 0) is 29.8 Å². The SMILES string of the molecule is COc1ccc(C(=O)O)c2[nH]c(Cc3ccc(Br)cc3)nc12.Cl. The van der Waals surface area contributed by atoms with E-state index < -0.39 is 5.97 Å². The fraction of sp³-hybridized carbons (Fsp3) is 0.125. The Labute approximate surface area is 147 Å². The molecule has 0 unspecified atom stereocenters. The first-order valence-electron chi connectivity index (χ1n) is 6.62. The van der Waals surface area contributed by atoms with E-state index in [9.17, 15) is 9.90 Å². The van der Waals surface area contributed by atoms with Crippen LogP contribution in [0.25, 0.3) is 11.0 Å². The Morgan fingerprint density at radius 2 is 1.96 bits per heavy atom. The minimum Gasteiger partial charge on any atom is -0.494 e.